The van der Waals surface area contributed by atoms with E-state index < -0.39 is 17.2 Å². The van der Waals surface area contributed by atoms with Gasteiger partial charge >= 0.3 is 17.2 Å². The number of hydrogen-bond donors (Lipinski definition) is 0. The lowest BCUT2D eigenvalue weighted by Gasteiger charge is -2.27. The van der Waals surface area contributed by atoms with Crippen molar-refractivity contribution in [2.24, 2.45) is 0 Å². The number of benzene rings is 3. The van der Waals surface area contributed by atoms with E-state index in [0.29, 0.717) is 34.5 Å². The second kappa shape index (κ2) is 6.56. The third-order valence-corrected chi connectivity index (χ3v) is 5.66. The SMILES string of the molecule is c1ccc2c(c1)OP1Oc3ccccc3OP(O2)Oc2ccccc2O1. The van der Waals surface area contributed by atoms with Gasteiger partial charge in [-0.15, -0.1) is 0 Å². The van der Waals surface area contributed by atoms with Crippen LogP contribution in [0.5, 0.6) is 34.5 Å². The quantitative estimate of drug-likeness (QED) is 0.453. The summed E-state index contributed by atoms with van der Waals surface area (Å²) < 4.78 is 36.0. The summed E-state index contributed by atoms with van der Waals surface area (Å²) in [4.78, 5) is 0. The van der Waals surface area contributed by atoms with Crippen LogP contribution in [0.4, 0.5) is 0 Å². The third-order valence-electron chi connectivity index (χ3n) is 3.58. The van der Waals surface area contributed by atoms with Gasteiger partial charge in [0.15, 0.2) is 34.5 Å². The summed E-state index contributed by atoms with van der Waals surface area (Å²) in [6, 6.07) is 21.8. The first-order valence-corrected chi connectivity index (χ1v) is 9.99. The zero-order valence-corrected chi connectivity index (χ0v) is 15.1. The van der Waals surface area contributed by atoms with Gasteiger partial charge < -0.3 is 27.1 Å². The van der Waals surface area contributed by atoms with Gasteiger partial charge in [0.05, 0.1) is 0 Å². The maximum atomic E-state index is 6.00. The van der Waals surface area contributed by atoms with Crippen molar-refractivity contribution in [1.82, 2.24) is 0 Å². The van der Waals surface area contributed by atoms with Crippen LogP contribution in [0.25, 0.3) is 0 Å². The predicted octanol–water partition coefficient (Wildman–Crippen LogP) is 5.84. The highest BCUT2D eigenvalue weighted by atomic mass is 31.2. The highest BCUT2D eigenvalue weighted by Gasteiger charge is 2.33. The molecule has 3 aromatic carbocycles. The minimum atomic E-state index is -1.82. The maximum absolute atomic E-state index is 6.00. The molecule has 6 rings (SSSR count). The normalized spacial score (nSPS) is 19.8. The molecule has 3 aromatic rings. The van der Waals surface area contributed by atoms with E-state index in [0.717, 1.165) is 0 Å². The first-order valence-electron chi connectivity index (χ1n) is 7.80. The fraction of sp³-hybridized carbons (Fsp3) is 0. The van der Waals surface area contributed by atoms with E-state index in [9.17, 15) is 0 Å². The first kappa shape index (κ1) is 15.6. The molecule has 130 valence electrons. The summed E-state index contributed by atoms with van der Waals surface area (Å²) in [5, 5.41) is 0. The molecule has 2 bridgehead atoms. The minimum Gasteiger partial charge on any atom is -0.405 e. The van der Waals surface area contributed by atoms with E-state index in [1.807, 2.05) is 36.4 Å². The van der Waals surface area contributed by atoms with Gasteiger partial charge in [0.25, 0.3) is 0 Å². The molecule has 0 spiro atoms. The summed E-state index contributed by atoms with van der Waals surface area (Å²) in [7, 11) is -3.64. The van der Waals surface area contributed by atoms with Crippen LogP contribution in [0.15, 0.2) is 72.8 Å². The standard InChI is InChI=1S/C18H12O6P2/c1-2-8-14-13(7-1)19-25-21-15-9-3-5-11-17(15)23-26(20-14)24-18-12-6-4-10-16(18)22-25/h1-12H. The van der Waals surface area contributed by atoms with Crippen molar-refractivity contribution >= 4 is 17.2 Å². The van der Waals surface area contributed by atoms with E-state index in [4.69, 9.17) is 27.1 Å². The van der Waals surface area contributed by atoms with Gasteiger partial charge in [0.2, 0.25) is 0 Å². The molecule has 8 heteroatoms. The molecule has 0 fully saturated rings. The highest BCUT2D eigenvalue weighted by molar-refractivity contribution is 7.44. The average Bonchev–Trinajstić information content (AvgIpc) is 2.66. The summed E-state index contributed by atoms with van der Waals surface area (Å²) in [6.07, 6.45) is 0. The van der Waals surface area contributed by atoms with Crippen molar-refractivity contribution in [1.29, 1.82) is 0 Å². The van der Waals surface area contributed by atoms with E-state index in [1.54, 1.807) is 36.4 Å². The van der Waals surface area contributed by atoms with E-state index in [1.165, 1.54) is 0 Å². The molecule has 0 saturated carbocycles. The molecule has 0 aliphatic carbocycles. The molecule has 0 atom stereocenters. The molecule has 3 aliphatic heterocycles. The Morgan fingerprint density at radius 2 is 0.538 bits per heavy atom. The highest BCUT2D eigenvalue weighted by Crippen LogP contribution is 2.56. The Morgan fingerprint density at radius 1 is 0.346 bits per heavy atom. The Morgan fingerprint density at radius 3 is 0.731 bits per heavy atom. The molecule has 26 heavy (non-hydrogen) atoms. The number of para-hydroxylation sites is 6. The van der Waals surface area contributed by atoms with Gasteiger partial charge in [0, 0.05) is 0 Å². The third kappa shape index (κ3) is 2.98. The summed E-state index contributed by atoms with van der Waals surface area (Å²) in [5.74, 6) is 2.98. The molecule has 0 amide bonds. The zero-order chi connectivity index (χ0) is 17.3. The van der Waals surface area contributed by atoms with Gasteiger partial charge in [-0.1, -0.05) is 36.4 Å². The van der Waals surface area contributed by atoms with Crippen molar-refractivity contribution in [2.45, 2.75) is 0 Å². The maximum Gasteiger partial charge on any atom is 0.530 e. The molecule has 0 unspecified atom stereocenters. The molecular formula is C18H12O6P2. The van der Waals surface area contributed by atoms with Crippen molar-refractivity contribution in [3.8, 4) is 34.5 Å². The average molecular weight is 386 g/mol. The van der Waals surface area contributed by atoms with Gasteiger partial charge in [-0.3, -0.25) is 0 Å². The Hall–Kier alpha value is -2.68. The summed E-state index contributed by atoms with van der Waals surface area (Å²) >= 11 is 0. The monoisotopic (exact) mass is 386 g/mol. The molecule has 0 N–H and O–H groups in total. The molecular weight excluding hydrogens is 374 g/mol. The fourth-order valence-corrected chi connectivity index (χ4v) is 4.49. The lowest BCUT2D eigenvalue weighted by Crippen LogP contribution is -2.11. The smallest absolute Gasteiger partial charge is 0.405 e. The topological polar surface area (TPSA) is 55.4 Å². The molecule has 0 aromatic heterocycles. The van der Waals surface area contributed by atoms with Crippen LogP contribution in [-0.2, 0) is 0 Å². The molecule has 3 aliphatic rings. The van der Waals surface area contributed by atoms with Gasteiger partial charge in [0.1, 0.15) is 0 Å². The van der Waals surface area contributed by atoms with Crippen molar-refractivity contribution in [3.05, 3.63) is 72.8 Å². The largest absolute Gasteiger partial charge is 0.530 e. The first-order chi connectivity index (χ1) is 12.8. The summed E-state index contributed by atoms with van der Waals surface area (Å²) in [6.45, 7) is 0. The van der Waals surface area contributed by atoms with Crippen LogP contribution >= 0.6 is 17.2 Å². The molecule has 6 nitrogen and oxygen atoms in total. The van der Waals surface area contributed by atoms with E-state index >= 15 is 0 Å². The number of hydrogen-bond acceptors (Lipinski definition) is 6. The van der Waals surface area contributed by atoms with Crippen LogP contribution in [0.3, 0.4) is 0 Å². The van der Waals surface area contributed by atoms with Crippen LogP contribution in [0.1, 0.15) is 0 Å². The molecule has 0 radical (unpaired) electrons. The van der Waals surface area contributed by atoms with Gasteiger partial charge in [-0.25, -0.2) is 0 Å². The van der Waals surface area contributed by atoms with Crippen LogP contribution in [-0.4, -0.2) is 0 Å². The Labute approximate surface area is 152 Å². The Bertz CT molecular complexity index is 753. The van der Waals surface area contributed by atoms with Crippen molar-refractivity contribution < 1.29 is 27.1 Å². The predicted molar refractivity (Wildman–Crippen MR) is 96.9 cm³/mol. The van der Waals surface area contributed by atoms with Crippen molar-refractivity contribution in [3.63, 3.8) is 0 Å². The lowest BCUT2D eigenvalue weighted by atomic mass is 10.3. The van der Waals surface area contributed by atoms with E-state index in [2.05, 4.69) is 0 Å². The number of rotatable bonds is 0. The Kier molecular flexibility index (Phi) is 3.93. The second-order valence-electron chi connectivity index (χ2n) is 5.34. The van der Waals surface area contributed by atoms with Crippen LogP contribution in [0, 0.1) is 0 Å². The fourth-order valence-electron chi connectivity index (χ4n) is 2.40. The van der Waals surface area contributed by atoms with E-state index in [-0.39, 0.29) is 0 Å². The molecule has 0 saturated heterocycles. The zero-order valence-electron chi connectivity index (χ0n) is 13.3. The van der Waals surface area contributed by atoms with Gasteiger partial charge in [-0.2, -0.15) is 0 Å². The molecule has 3 heterocycles. The van der Waals surface area contributed by atoms with Crippen molar-refractivity contribution in [2.75, 3.05) is 0 Å². The second-order valence-corrected chi connectivity index (χ2v) is 7.33. The lowest BCUT2D eigenvalue weighted by molar-refractivity contribution is 0.323. The van der Waals surface area contributed by atoms with Gasteiger partial charge in [-0.05, 0) is 36.4 Å². The summed E-state index contributed by atoms with van der Waals surface area (Å²) in [5.41, 5.74) is 0. The minimum absolute atomic E-state index is 0.497. The Balaban J connectivity index is 1.66. The van der Waals surface area contributed by atoms with Crippen LogP contribution < -0.4 is 27.1 Å². The van der Waals surface area contributed by atoms with Crippen LogP contribution in [0.2, 0.25) is 0 Å².